The summed E-state index contributed by atoms with van der Waals surface area (Å²) in [6.07, 6.45) is 0.459. The Morgan fingerprint density at radius 3 is 2.40 bits per heavy atom. The van der Waals surface area contributed by atoms with E-state index in [-0.39, 0.29) is 5.91 Å². The Balaban J connectivity index is 4.00. The predicted octanol–water partition coefficient (Wildman–Crippen LogP) is -0.137. The van der Waals surface area contributed by atoms with Crippen molar-refractivity contribution in [3.05, 3.63) is 0 Å². The summed E-state index contributed by atoms with van der Waals surface area (Å²) in [5.41, 5.74) is 0. The number of hydrogen-bond acceptors (Lipinski definition) is 4. The molecule has 1 atom stereocenters. The van der Waals surface area contributed by atoms with E-state index in [1.807, 2.05) is 19.0 Å². The van der Waals surface area contributed by atoms with Gasteiger partial charge in [-0.2, -0.15) is 0 Å². The highest BCUT2D eigenvalue weighted by Crippen LogP contribution is 2.04. The van der Waals surface area contributed by atoms with Gasteiger partial charge >= 0.3 is 5.97 Å². The molecule has 0 spiro atoms. The van der Waals surface area contributed by atoms with Crippen LogP contribution in [0.15, 0.2) is 0 Å². The minimum absolute atomic E-state index is 0.258. The third-order valence-electron chi connectivity index (χ3n) is 2.07. The zero-order chi connectivity index (χ0) is 11.8. The normalized spacial score (nSPS) is 12.3. The number of nitrogens with one attached hydrogen (secondary N) is 1. The van der Waals surface area contributed by atoms with Crippen LogP contribution in [-0.2, 0) is 14.3 Å². The maximum absolute atomic E-state index is 11.5. The average molecular weight is 216 g/mol. The fourth-order valence-electron chi connectivity index (χ4n) is 1.13. The quantitative estimate of drug-likeness (QED) is 0.496. The molecule has 1 unspecified atom stereocenters. The van der Waals surface area contributed by atoms with Crippen molar-refractivity contribution >= 4 is 11.9 Å². The highest BCUT2D eigenvalue weighted by Gasteiger charge is 2.24. The molecule has 1 amide bonds. The average Bonchev–Trinajstić information content (AvgIpc) is 2.18. The number of carbonyl (C=O) groups is 2. The van der Waals surface area contributed by atoms with Crippen molar-refractivity contribution < 1.29 is 14.3 Å². The Hall–Kier alpha value is -1.10. The minimum Gasteiger partial charge on any atom is -0.468 e. The SMILES string of the molecule is CCC(C(=O)NCCN(C)C)C(=O)OC. The van der Waals surface area contributed by atoms with Gasteiger partial charge in [-0.05, 0) is 20.5 Å². The van der Waals surface area contributed by atoms with Crippen LogP contribution in [0.5, 0.6) is 0 Å². The first-order valence-electron chi connectivity index (χ1n) is 5.03. The molecular weight excluding hydrogens is 196 g/mol. The topological polar surface area (TPSA) is 58.6 Å². The van der Waals surface area contributed by atoms with Crippen molar-refractivity contribution in [2.24, 2.45) is 5.92 Å². The lowest BCUT2D eigenvalue weighted by atomic mass is 10.1. The van der Waals surface area contributed by atoms with Crippen LogP contribution in [0.1, 0.15) is 13.3 Å². The first-order valence-corrected chi connectivity index (χ1v) is 5.03. The molecule has 5 heteroatoms. The summed E-state index contributed by atoms with van der Waals surface area (Å²) in [5, 5.41) is 2.70. The molecule has 0 saturated heterocycles. The zero-order valence-corrected chi connectivity index (χ0v) is 9.87. The second-order valence-corrected chi connectivity index (χ2v) is 3.58. The van der Waals surface area contributed by atoms with Crippen molar-refractivity contribution in [3.8, 4) is 0 Å². The Morgan fingerprint density at radius 2 is 2.00 bits per heavy atom. The summed E-state index contributed by atoms with van der Waals surface area (Å²) in [4.78, 5) is 24.7. The van der Waals surface area contributed by atoms with Crippen LogP contribution in [0.2, 0.25) is 0 Å². The molecule has 0 fully saturated rings. The lowest BCUT2D eigenvalue weighted by Gasteiger charge is -2.14. The van der Waals surface area contributed by atoms with Gasteiger partial charge in [0.1, 0.15) is 5.92 Å². The molecule has 0 bridgehead atoms. The second kappa shape index (κ2) is 7.23. The molecule has 0 aromatic heterocycles. The van der Waals surface area contributed by atoms with Gasteiger partial charge in [-0.1, -0.05) is 6.92 Å². The van der Waals surface area contributed by atoms with Gasteiger partial charge in [0.25, 0.3) is 0 Å². The highest BCUT2D eigenvalue weighted by atomic mass is 16.5. The van der Waals surface area contributed by atoms with Gasteiger partial charge in [-0.3, -0.25) is 9.59 Å². The van der Waals surface area contributed by atoms with E-state index in [1.54, 1.807) is 6.92 Å². The third kappa shape index (κ3) is 5.37. The van der Waals surface area contributed by atoms with Crippen LogP contribution in [0.25, 0.3) is 0 Å². The van der Waals surface area contributed by atoms with Gasteiger partial charge in [-0.15, -0.1) is 0 Å². The summed E-state index contributed by atoms with van der Waals surface area (Å²) in [5.74, 6) is -1.41. The van der Waals surface area contributed by atoms with E-state index >= 15 is 0 Å². The Bertz CT molecular complexity index is 217. The molecule has 0 rings (SSSR count). The molecule has 0 aliphatic carbocycles. The van der Waals surface area contributed by atoms with E-state index in [4.69, 9.17) is 0 Å². The van der Waals surface area contributed by atoms with Crippen molar-refractivity contribution in [2.75, 3.05) is 34.3 Å². The Kier molecular flexibility index (Phi) is 6.70. The summed E-state index contributed by atoms with van der Waals surface area (Å²) in [6.45, 7) is 3.08. The van der Waals surface area contributed by atoms with E-state index in [2.05, 4.69) is 10.1 Å². The van der Waals surface area contributed by atoms with Crippen LogP contribution in [0.3, 0.4) is 0 Å². The van der Waals surface area contributed by atoms with E-state index in [0.29, 0.717) is 13.0 Å². The summed E-state index contributed by atoms with van der Waals surface area (Å²) in [7, 11) is 5.13. The number of rotatable bonds is 6. The number of hydrogen-bond donors (Lipinski definition) is 1. The van der Waals surface area contributed by atoms with Crippen LogP contribution >= 0.6 is 0 Å². The molecule has 0 aliphatic heterocycles. The molecule has 0 aliphatic rings. The predicted molar refractivity (Wildman–Crippen MR) is 57.4 cm³/mol. The van der Waals surface area contributed by atoms with Gasteiger partial charge in [0.05, 0.1) is 7.11 Å². The van der Waals surface area contributed by atoms with E-state index in [0.717, 1.165) is 6.54 Å². The first-order chi connectivity index (χ1) is 7.02. The molecule has 0 heterocycles. The van der Waals surface area contributed by atoms with E-state index < -0.39 is 11.9 Å². The summed E-state index contributed by atoms with van der Waals surface area (Å²) in [6, 6.07) is 0. The standard InChI is InChI=1S/C10H20N2O3/c1-5-8(10(14)15-4)9(13)11-6-7-12(2)3/h8H,5-7H2,1-4H3,(H,11,13). The number of nitrogens with zero attached hydrogens (tertiary/aromatic N) is 1. The van der Waals surface area contributed by atoms with Gasteiger partial charge in [0.2, 0.25) is 5.91 Å². The maximum atomic E-state index is 11.5. The smallest absolute Gasteiger partial charge is 0.318 e. The molecule has 88 valence electrons. The highest BCUT2D eigenvalue weighted by molar-refractivity contribution is 5.97. The third-order valence-corrected chi connectivity index (χ3v) is 2.07. The number of ether oxygens (including phenoxy) is 1. The van der Waals surface area contributed by atoms with Gasteiger partial charge in [-0.25, -0.2) is 0 Å². The second-order valence-electron chi connectivity index (χ2n) is 3.58. The fraction of sp³-hybridized carbons (Fsp3) is 0.800. The van der Waals surface area contributed by atoms with Gasteiger partial charge < -0.3 is 15.0 Å². The Labute approximate surface area is 90.8 Å². The number of esters is 1. The van der Waals surface area contributed by atoms with Crippen LogP contribution < -0.4 is 5.32 Å². The van der Waals surface area contributed by atoms with Crippen LogP contribution in [-0.4, -0.2) is 51.1 Å². The summed E-state index contributed by atoms with van der Waals surface area (Å²) < 4.78 is 4.54. The molecule has 5 nitrogen and oxygen atoms in total. The first kappa shape index (κ1) is 13.9. The number of likely N-dealkylation sites (N-methyl/N-ethyl adjacent to an activating group) is 1. The lowest BCUT2D eigenvalue weighted by Crippen LogP contribution is -2.38. The van der Waals surface area contributed by atoms with E-state index in [9.17, 15) is 9.59 Å². The number of amides is 1. The maximum Gasteiger partial charge on any atom is 0.318 e. The number of methoxy groups -OCH3 is 1. The van der Waals surface area contributed by atoms with Gasteiger partial charge in [0.15, 0.2) is 0 Å². The minimum atomic E-state index is -0.683. The van der Waals surface area contributed by atoms with Crippen LogP contribution in [0, 0.1) is 5.92 Å². The van der Waals surface area contributed by atoms with E-state index in [1.165, 1.54) is 7.11 Å². The fourth-order valence-corrected chi connectivity index (χ4v) is 1.13. The number of carbonyl (C=O) groups excluding carboxylic acids is 2. The monoisotopic (exact) mass is 216 g/mol. The largest absolute Gasteiger partial charge is 0.468 e. The van der Waals surface area contributed by atoms with Crippen molar-refractivity contribution in [1.82, 2.24) is 10.2 Å². The lowest BCUT2D eigenvalue weighted by molar-refractivity contribution is -0.150. The summed E-state index contributed by atoms with van der Waals surface area (Å²) >= 11 is 0. The molecule has 1 N–H and O–H groups in total. The zero-order valence-electron chi connectivity index (χ0n) is 9.87. The van der Waals surface area contributed by atoms with Crippen molar-refractivity contribution in [3.63, 3.8) is 0 Å². The van der Waals surface area contributed by atoms with Gasteiger partial charge in [0, 0.05) is 13.1 Å². The van der Waals surface area contributed by atoms with Crippen molar-refractivity contribution in [1.29, 1.82) is 0 Å². The molecule has 0 radical (unpaired) electrons. The van der Waals surface area contributed by atoms with Crippen molar-refractivity contribution in [2.45, 2.75) is 13.3 Å². The Morgan fingerprint density at radius 1 is 1.40 bits per heavy atom. The molecule has 0 saturated carbocycles. The molecule has 15 heavy (non-hydrogen) atoms. The molecular formula is C10H20N2O3. The molecule has 0 aromatic carbocycles. The molecule has 0 aromatic rings. The van der Waals surface area contributed by atoms with Crippen LogP contribution in [0.4, 0.5) is 0 Å².